The van der Waals surface area contributed by atoms with E-state index in [1.165, 1.54) is 0 Å². The minimum Gasteiger partial charge on any atom is -0.369 e. The molecule has 37 heavy (non-hydrogen) atoms. The Hall–Kier alpha value is -2.63. The Labute approximate surface area is 218 Å². The van der Waals surface area contributed by atoms with Crippen molar-refractivity contribution in [3.05, 3.63) is 102 Å². The summed E-state index contributed by atoms with van der Waals surface area (Å²) >= 11 is 0. The molecule has 9 heteroatoms. The van der Waals surface area contributed by atoms with Crippen molar-refractivity contribution < 1.29 is 27.4 Å². The molecule has 0 amide bonds. The number of nitrogens with one attached hydrogen (secondary N) is 2. The molecule has 0 aliphatic carbocycles. The average Bonchev–Trinajstić information content (AvgIpc) is 2.91. The Balaban J connectivity index is 1.56. The highest BCUT2D eigenvalue weighted by atomic mass is 32.2. The maximum absolute atomic E-state index is 13.0. The molecule has 1 fully saturated rings. The van der Waals surface area contributed by atoms with Crippen LogP contribution in [-0.2, 0) is 42.2 Å². The van der Waals surface area contributed by atoms with Gasteiger partial charge in [0.1, 0.15) is 12.2 Å². The number of methoxy groups -OCH3 is 1. The molecule has 2 N–H and O–H groups in total. The average molecular weight is 527 g/mol. The second-order valence-corrected chi connectivity index (χ2v) is 10.7. The van der Waals surface area contributed by atoms with Crippen molar-refractivity contribution in [2.24, 2.45) is 0 Å². The third-order valence-electron chi connectivity index (χ3n) is 6.29. The summed E-state index contributed by atoms with van der Waals surface area (Å²) < 4.78 is 50.4. The summed E-state index contributed by atoms with van der Waals surface area (Å²) in [7, 11) is -2.27. The van der Waals surface area contributed by atoms with E-state index >= 15 is 0 Å². The molecule has 0 saturated carbocycles. The first-order valence-corrected chi connectivity index (χ1v) is 13.7. The van der Waals surface area contributed by atoms with Gasteiger partial charge in [0.05, 0.1) is 30.3 Å². The zero-order chi connectivity index (χ0) is 26.3. The van der Waals surface area contributed by atoms with Crippen LogP contribution in [0.3, 0.4) is 0 Å². The third kappa shape index (κ3) is 7.24. The molecule has 3 aromatic rings. The molecule has 5 atom stereocenters. The maximum Gasteiger partial charge on any atom is 0.253 e. The highest BCUT2D eigenvalue weighted by Gasteiger charge is 2.46. The van der Waals surface area contributed by atoms with Crippen molar-refractivity contribution >= 4 is 10.0 Å². The minimum absolute atomic E-state index is 0.156. The lowest BCUT2D eigenvalue weighted by Gasteiger charge is -2.45. The smallest absolute Gasteiger partial charge is 0.253 e. The summed E-state index contributed by atoms with van der Waals surface area (Å²) in [6.45, 7) is 4.37. The Morgan fingerprint density at radius 3 is 1.89 bits per heavy atom. The third-order valence-corrected chi connectivity index (χ3v) is 7.57. The summed E-state index contributed by atoms with van der Waals surface area (Å²) in [6, 6.07) is 25.6. The zero-order valence-corrected chi connectivity index (χ0v) is 22.1. The van der Waals surface area contributed by atoms with Crippen LogP contribution >= 0.6 is 0 Å². The molecule has 0 unspecified atom stereocenters. The van der Waals surface area contributed by atoms with Crippen molar-refractivity contribution in [2.45, 2.75) is 62.6 Å². The number of rotatable bonds is 11. The first-order chi connectivity index (χ1) is 17.9. The molecular weight excluding hydrogens is 492 g/mol. The van der Waals surface area contributed by atoms with Crippen LogP contribution in [-0.4, -0.2) is 46.2 Å². The molecule has 0 bridgehead atoms. The van der Waals surface area contributed by atoms with Crippen LogP contribution in [0.15, 0.2) is 89.8 Å². The highest BCUT2D eigenvalue weighted by molar-refractivity contribution is 7.89. The molecule has 1 aliphatic rings. The fraction of sp³-hybridized carbons (Fsp3) is 0.357. The van der Waals surface area contributed by atoms with E-state index in [-0.39, 0.29) is 4.90 Å². The molecule has 1 heterocycles. The van der Waals surface area contributed by atoms with Gasteiger partial charge >= 0.3 is 0 Å². The standard InChI is InChI=1S/C28H34N2O6S/c1-20-14-16-24(17-15-20)37(31,32)30-29-25-21(2)36-28(33-3)27(35-19-23-12-8-5-9-13-23)26(25)34-18-22-10-6-4-7-11-22/h4-17,21,25-30H,18-19H2,1-3H3/t21-,25+,26+,27-,28+/m1/s1. The minimum atomic E-state index is -3.83. The van der Waals surface area contributed by atoms with Crippen molar-refractivity contribution in [1.29, 1.82) is 0 Å². The van der Waals surface area contributed by atoms with Gasteiger partial charge in [-0.05, 0) is 37.1 Å². The predicted octanol–water partition coefficient (Wildman–Crippen LogP) is 3.71. The van der Waals surface area contributed by atoms with Crippen LogP contribution in [0.1, 0.15) is 23.6 Å². The number of hydrogen-bond acceptors (Lipinski definition) is 7. The van der Waals surface area contributed by atoms with Gasteiger partial charge in [0.2, 0.25) is 0 Å². The van der Waals surface area contributed by atoms with E-state index in [9.17, 15) is 8.42 Å². The number of sulfonamides is 1. The van der Waals surface area contributed by atoms with Gasteiger partial charge in [0.15, 0.2) is 6.29 Å². The van der Waals surface area contributed by atoms with Gasteiger partial charge in [0, 0.05) is 7.11 Å². The van der Waals surface area contributed by atoms with Crippen LogP contribution in [0, 0.1) is 6.92 Å². The van der Waals surface area contributed by atoms with Gasteiger partial charge in [-0.3, -0.25) is 0 Å². The first-order valence-electron chi connectivity index (χ1n) is 12.2. The van der Waals surface area contributed by atoms with E-state index < -0.39 is 40.7 Å². The van der Waals surface area contributed by atoms with Crippen LogP contribution in [0.2, 0.25) is 0 Å². The topological polar surface area (TPSA) is 95.1 Å². The van der Waals surface area contributed by atoms with Gasteiger partial charge in [-0.1, -0.05) is 78.4 Å². The van der Waals surface area contributed by atoms with E-state index in [0.29, 0.717) is 13.2 Å². The molecule has 1 saturated heterocycles. The summed E-state index contributed by atoms with van der Waals surface area (Å²) in [4.78, 5) is 2.67. The SMILES string of the molecule is CO[C@H]1O[C@H](C)[C@H](NNS(=O)(=O)c2ccc(C)cc2)[C@H](OCc2ccccc2)[C@H]1OCc1ccccc1. The van der Waals surface area contributed by atoms with Crippen molar-refractivity contribution in [3.8, 4) is 0 Å². The van der Waals surface area contributed by atoms with Gasteiger partial charge in [0.25, 0.3) is 10.0 Å². The Kier molecular flexibility index (Phi) is 9.44. The number of benzene rings is 3. The summed E-state index contributed by atoms with van der Waals surface area (Å²) in [5.41, 5.74) is 5.90. The molecule has 1 aliphatic heterocycles. The first kappa shape index (κ1) is 27.4. The number of aryl methyl sites for hydroxylation is 1. The quantitative estimate of drug-likeness (QED) is 0.368. The van der Waals surface area contributed by atoms with Crippen molar-refractivity contribution in [1.82, 2.24) is 10.3 Å². The van der Waals surface area contributed by atoms with E-state index in [1.54, 1.807) is 31.4 Å². The fourth-order valence-corrected chi connectivity index (χ4v) is 5.12. The van der Waals surface area contributed by atoms with E-state index in [2.05, 4.69) is 10.3 Å². The van der Waals surface area contributed by atoms with Gasteiger partial charge in [-0.2, -0.15) is 0 Å². The zero-order valence-electron chi connectivity index (χ0n) is 21.2. The largest absolute Gasteiger partial charge is 0.369 e. The molecule has 4 rings (SSSR count). The number of ether oxygens (including phenoxy) is 4. The van der Waals surface area contributed by atoms with Gasteiger partial charge in [-0.15, -0.1) is 4.83 Å². The lowest BCUT2D eigenvalue weighted by molar-refractivity contribution is -0.287. The number of hydrogen-bond donors (Lipinski definition) is 2. The second kappa shape index (κ2) is 12.7. The normalized spacial score (nSPS) is 24.1. The Bertz CT molecular complexity index is 1210. The summed E-state index contributed by atoms with van der Waals surface area (Å²) in [5, 5.41) is 0. The molecular formula is C28H34N2O6S. The molecule has 0 aromatic heterocycles. The fourth-order valence-electron chi connectivity index (χ4n) is 4.22. The molecule has 0 radical (unpaired) electrons. The monoisotopic (exact) mass is 526 g/mol. The second-order valence-electron chi connectivity index (χ2n) is 9.06. The maximum atomic E-state index is 13.0. The molecule has 198 valence electrons. The highest BCUT2D eigenvalue weighted by Crippen LogP contribution is 2.28. The van der Waals surface area contributed by atoms with E-state index in [0.717, 1.165) is 16.7 Å². The summed E-state index contributed by atoms with van der Waals surface area (Å²) in [5.74, 6) is 0. The van der Waals surface area contributed by atoms with Crippen LogP contribution in [0.5, 0.6) is 0 Å². The molecule has 3 aromatic carbocycles. The predicted molar refractivity (Wildman–Crippen MR) is 140 cm³/mol. The van der Waals surface area contributed by atoms with Gasteiger partial charge in [-0.25, -0.2) is 13.8 Å². The molecule has 0 spiro atoms. The van der Waals surface area contributed by atoms with Crippen LogP contribution < -0.4 is 10.3 Å². The summed E-state index contributed by atoms with van der Waals surface area (Å²) in [6.07, 6.45) is -2.39. The van der Waals surface area contributed by atoms with E-state index in [1.807, 2.05) is 74.5 Å². The number of hydrazine groups is 1. The molecule has 8 nitrogen and oxygen atoms in total. The lowest BCUT2D eigenvalue weighted by Crippen LogP contribution is -2.66. The lowest BCUT2D eigenvalue weighted by atomic mass is 9.97. The van der Waals surface area contributed by atoms with Crippen molar-refractivity contribution in [3.63, 3.8) is 0 Å². The van der Waals surface area contributed by atoms with Crippen molar-refractivity contribution in [2.75, 3.05) is 7.11 Å². The van der Waals surface area contributed by atoms with Crippen LogP contribution in [0.4, 0.5) is 0 Å². The Morgan fingerprint density at radius 1 is 0.811 bits per heavy atom. The van der Waals surface area contributed by atoms with Gasteiger partial charge < -0.3 is 18.9 Å². The Morgan fingerprint density at radius 2 is 1.35 bits per heavy atom. The van der Waals surface area contributed by atoms with Crippen LogP contribution in [0.25, 0.3) is 0 Å². The van der Waals surface area contributed by atoms with E-state index in [4.69, 9.17) is 18.9 Å².